The Morgan fingerprint density at radius 1 is 0.925 bits per heavy atom. The number of pyridine rings is 2. The van der Waals surface area contributed by atoms with Crippen molar-refractivity contribution in [3.8, 4) is 17.1 Å². The fraction of sp³-hybridized carbons (Fsp3) is 0.449. The number of hydrogen-bond acceptors (Lipinski definition) is 13. The van der Waals surface area contributed by atoms with Crippen LogP contribution in [0.3, 0.4) is 0 Å². The van der Waals surface area contributed by atoms with E-state index in [0.717, 1.165) is 16.5 Å². The molecule has 2 aliphatic heterocycles. The quantitative estimate of drug-likeness (QED) is 0.0515. The lowest BCUT2D eigenvalue weighted by Gasteiger charge is -2.35. The molecule has 2 aromatic heterocycles. The topological polar surface area (TPSA) is 264 Å². The van der Waals surface area contributed by atoms with E-state index >= 15 is 0 Å². The summed E-state index contributed by atoms with van der Waals surface area (Å²) >= 11 is 0. The minimum Gasteiger partial charge on any atom is -0.508 e. The molecule has 2 aromatic carbocycles. The number of amides is 4. The van der Waals surface area contributed by atoms with Gasteiger partial charge in [0.25, 0.3) is 5.56 Å². The third-order valence-electron chi connectivity index (χ3n) is 12.3. The summed E-state index contributed by atoms with van der Waals surface area (Å²) in [6, 6.07) is 10.4. The average Bonchev–Trinajstić information content (AvgIpc) is 3.66. The molecule has 4 aromatic rings. The number of urea groups is 1. The van der Waals surface area contributed by atoms with Gasteiger partial charge >= 0.3 is 18.2 Å². The second kappa shape index (κ2) is 21.0. The molecule has 18 heteroatoms. The Labute approximate surface area is 387 Å². The molecule has 0 saturated carbocycles. The average molecular weight is 923 g/mol. The van der Waals surface area contributed by atoms with Crippen molar-refractivity contribution >= 4 is 52.4 Å². The van der Waals surface area contributed by atoms with Crippen LogP contribution < -0.4 is 27.2 Å². The first-order valence-electron chi connectivity index (χ1n) is 22.6. The molecule has 3 atom stereocenters. The Morgan fingerprint density at radius 3 is 2.30 bits per heavy atom. The molecule has 356 valence electrons. The highest BCUT2D eigenvalue weighted by Gasteiger charge is 2.51. The van der Waals surface area contributed by atoms with Crippen LogP contribution in [-0.4, -0.2) is 74.8 Å². The van der Waals surface area contributed by atoms with Crippen molar-refractivity contribution in [1.29, 1.82) is 0 Å². The molecule has 0 aliphatic carbocycles. The van der Waals surface area contributed by atoms with Gasteiger partial charge in [0, 0.05) is 48.2 Å². The van der Waals surface area contributed by atoms with Crippen molar-refractivity contribution < 1.29 is 52.9 Å². The van der Waals surface area contributed by atoms with Gasteiger partial charge in [0.2, 0.25) is 17.4 Å². The predicted octanol–water partition coefficient (Wildman–Crippen LogP) is 4.90. The number of phenols is 1. The highest BCUT2D eigenvalue weighted by Crippen LogP contribution is 2.42. The zero-order chi connectivity index (χ0) is 48.7. The van der Waals surface area contributed by atoms with Crippen molar-refractivity contribution in [2.45, 2.75) is 124 Å². The molecule has 67 heavy (non-hydrogen) atoms. The molecule has 6 N–H and O–H groups in total. The number of carbonyl (C=O) groups is 7. The number of benzene rings is 2. The van der Waals surface area contributed by atoms with Crippen LogP contribution in [0, 0.1) is 11.8 Å². The number of phenolic OH excluding ortho intramolecular Hbond substituents is 1. The number of nitrogens with two attached hydrogens (primary N) is 1. The molecule has 0 unspecified atom stereocenters. The third kappa shape index (κ3) is 11.0. The summed E-state index contributed by atoms with van der Waals surface area (Å²) in [5.74, 6) is -2.79. The van der Waals surface area contributed by atoms with Crippen molar-refractivity contribution in [2.75, 3.05) is 6.54 Å². The van der Waals surface area contributed by atoms with Crippen LogP contribution >= 0.6 is 0 Å². The molecule has 0 spiro atoms. The zero-order valence-electron chi connectivity index (χ0n) is 38.6. The first kappa shape index (κ1) is 49.3. The standard InChI is InChI=1S/C49H58N6O12/c1-7-31-32-21-30(56)15-16-36(32)52-43-33(31)23-55-38(43)22-35-34(45(55)61)25-65-46(62)49(35,8-2)67-48(64)66-24-29-13-11-28(12-14-29)20-40(58)37(10-9-19-51-47(50)63)53-44(60)42(27(5)6)54-41(59)18-17-39(57)26(3)4/h11-16,21-22,26-27,37,42,56H,7-10,17-20,23-25H2,1-6H3,(H,53,60)(H,54,59)(H3,50,51,63)/t37-,42-,49-/m0/s1. The molecule has 18 nitrogen and oxygen atoms in total. The molecule has 2 aliphatic rings. The molecule has 0 radical (unpaired) electrons. The summed E-state index contributed by atoms with van der Waals surface area (Å²) in [5.41, 5.74) is 7.61. The molecule has 0 fully saturated rings. The highest BCUT2D eigenvalue weighted by molar-refractivity contribution is 5.95. The number of rotatable bonds is 20. The molecular formula is C49H58N6O12. The van der Waals surface area contributed by atoms with Gasteiger partial charge in [-0.3, -0.25) is 24.0 Å². The number of ketones is 2. The van der Waals surface area contributed by atoms with Crippen LogP contribution in [0.2, 0.25) is 0 Å². The Bertz CT molecular complexity index is 2660. The molecule has 0 bridgehead atoms. The number of ether oxygens (including phenoxy) is 3. The number of esters is 1. The smallest absolute Gasteiger partial charge is 0.508 e. The van der Waals surface area contributed by atoms with Gasteiger partial charge in [-0.05, 0) is 72.6 Å². The fourth-order valence-electron chi connectivity index (χ4n) is 8.50. The lowest BCUT2D eigenvalue weighted by Crippen LogP contribution is -2.54. The summed E-state index contributed by atoms with van der Waals surface area (Å²) in [4.78, 5) is 109. The summed E-state index contributed by atoms with van der Waals surface area (Å²) in [6.45, 7) is 10.4. The van der Waals surface area contributed by atoms with Crippen LogP contribution in [0.4, 0.5) is 9.59 Å². The summed E-state index contributed by atoms with van der Waals surface area (Å²) in [5, 5.41) is 18.9. The molecule has 6 rings (SSSR count). The minimum absolute atomic E-state index is 0.0381. The van der Waals surface area contributed by atoms with E-state index in [0.29, 0.717) is 40.9 Å². The van der Waals surface area contributed by atoms with Crippen LogP contribution in [0.1, 0.15) is 107 Å². The van der Waals surface area contributed by atoms with Gasteiger partial charge in [-0.2, -0.15) is 0 Å². The van der Waals surface area contributed by atoms with Crippen molar-refractivity contribution in [3.05, 3.63) is 92.3 Å². The van der Waals surface area contributed by atoms with Crippen molar-refractivity contribution in [1.82, 2.24) is 25.5 Å². The predicted molar refractivity (Wildman–Crippen MR) is 244 cm³/mol. The third-order valence-corrected chi connectivity index (χ3v) is 12.3. The number of aryl methyl sites for hydroxylation is 1. The summed E-state index contributed by atoms with van der Waals surface area (Å²) in [6.07, 6.45) is -0.336. The maximum atomic E-state index is 14.1. The maximum Gasteiger partial charge on any atom is 0.510 e. The number of nitrogens with one attached hydrogen (secondary N) is 3. The monoisotopic (exact) mass is 922 g/mol. The number of hydrogen-bond donors (Lipinski definition) is 5. The van der Waals surface area contributed by atoms with E-state index in [2.05, 4.69) is 16.0 Å². The van der Waals surface area contributed by atoms with E-state index in [-0.39, 0.29) is 98.7 Å². The fourth-order valence-corrected chi connectivity index (χ4v) is 8.50. The largest absolute Gasteiger partial charge is 0.510 e. The van der Waals surface area contributed by atoms with Crippen LogP contribution in [0.5, 0.6) is 5.75 Å². The van der Waals surface area contributed by atoms with Gasteiger partial charge in [-0.15, -0.1) is 0 Å². The normalized spacial score (nSPS) is 15.7. The number of aromatic hydroxyl groups is 1. The van der Waals surface area contributed by atoms with Crippen LogP contribution in [0.15, 0.2) is 53.3 Å². The van der Waals surface area contributed by atoms with E-state index in [1.807, 2.05) is 6.92 Å². The van der Waals surface area contributed by atoms with Crippen LogP contribution in [0.25, 0.3) is 22.3 Å². The number of fused-ring (bicyclic) bond motifs is 5. The van der Waals surface area contributed by atoms with Gasteiger partial charge in [-0.1, -0.05) is 65.8 Å². The van der Waals surface area contributed by atoms with Crippen LogP contribution in [-0.2, 0) is 76.4 Å². The van der Waals surface area contributed by atoms with E-state index < -0.39 is 53.2 Å². The van der Waals surface area contributed by atoms with Crippen molar-refractivity contribution in [3.63, 3.8) is 0 Å². The van der Waals surface area contributed by atoms with Gasteiger partial charge in [0.05, 0.1) is 35.1 Å². The Morgan fingerprint density at radius 2 is 1.64 bits per heavy atom. The maximum absolute atomic E-state index is 14.1. The number of aromatic nitrogens is 2. The lowest BCUT2D eigenvalue weighted by molar-refractivity contribution is -0.175. The second-order valence-corrected chi connectivity index (χ2v) is 17.5. The number of cyclic esters (lactones) is 1. The lowest BCUT2D eigenvalue weighted by atomic mass is 9.85. The Balaban J connectivity index is 1.13. The van der Waals surface area contributed by atoms with E-state index in [4.69, 9.17) is 24.9 Å². The molecule has 0 saturated heterocycles. The van der Waals surface area contributed by atoms with Crippen molar-refractivity contribution in [2.24, 2.45) is 17.6 Å². The molecule has 4 heterocycles. The van der Waals surface area contributed by atoms with Gasteiger partial charge in [0.1, 0.15) is 30.8 Å². The second-order valence-electron chi connectivity index (χ2n) is 17.5. The zero-order valence-corrected chi connectivity index (χ0v) is 38.6. The Hall–Kier alpha value is -7.11. The Kier molecular flexibility index (Phi) is 15.5. The number of carbonyl (C=O) groups excluding carboxylic acids is 7. The highest BCUT2D eigenvalue weighted by atomic mass is 16.7. The van der Waals surface area contributed by atoms with E-state index in [1.165, 1.54) is 6.07 Å². The summed E-state index contributed by atoms with van der Waals surface area (Å²) < 4.78 is 18.3. The first-order chi connectivity index (χ1) is 31.9. The number of primary amides is 1. The SMILES string of the molecule is CCc1c2c(nc3ccc(O)cc13)-c1cc3c(c(=O)n1C2)COC(=O)[C@@]3(CC)OC(=O)OCc1ccc(CC(=O)[C@H](CCCNC(N)=O)NC(=O)[C@@H](NC(=O)CCC(=O)C(C)C)C(C)C)cc1. The van der Waals surface area contributed by atoms with Gasteiger partial charge in [-0.25, -0.2) is 19.4 Å². The van der Waals surface area contributed by atoms with Gasteiger partial charge in [0.15, 0.2) is 5.78 Å². The minimum atomic E-state index is -2.00. The molecular weight excluding hydrogens is 865 g/mol. The number of nitrogens with zero attached hydrogens (tertiary/aromatic N) is 2. The molecule has 4 amide bonds. The first-order valence-corrected chi connectivity index (χ1v) is 22.6. The number of Topliss-reactive ketones (excluding diaryl/α,β-unsaturated/α-hetero) is 2. The van der Waals surface area contributed by atoms with E-state index in [9.17, 15) is 43.5 Å². The summed E-state index contributed by atoms with van der Waals surface area (Å²) in [7, 11) is 0. The van der Waals surface area contributed by atoms with Gasteiger partial charge < -0.3 is 45.6 Å². The van der Waals surface area contributed by atoms with E-state index in [1.54, 1.807) is 81.7 Å².